The molecule has 2 aliphatic rings. The molecule has 1 N–H and O–H groups in total. The lowest BCUT2D eigenvalue weighted by Gasteiger charge is -2.28. The molecule has 18 heavy (non-hydrogen) atoms. The van der Waals surface area contributed by atoms with Crippen molar-refractivity contribution >= 4 is 11.3 Å². The van der Waals surface area contributed by atoms with Crippen LogP contribution < -0.4 is 5.32 Å². The summed E-state index contributed by atoms with van der Waals surface area (Å²) in [6.07, 6.45) is 7.60. The third-order valence-electron chi connectivity index (χ3n) is 3.85. The highest BCUT2D eigenvalue weighted by atomic mass is 32.1. The molecule has 4 heteroatoms. The topological polar surface area (TPSA) is 34.1 Å². The van der Waals surface area contributed by atoms with Gasteiger partial charge in [0.05, 0.1) is 17.8 Å². The minimum Gasteiger partial charge on any atom is -0.382 e. The fraction of sp³-hybridized carbons (Fsp3) is 0.786. The van der Waals surface area contributed by atoms with Crippen LogP contribution in [0.1, 0.15) is 48.2 Å². The summed E-state index contributed by atoms with van der Waals surface area (Å²) in [5.74, 6) is 0. The maximum atomic E-state index is 5.43. The second kappa shape index (κ2) is 4.91. The summed E-state index contributed by atoms with van der Waals surface area (Å²) in [4.78, 5) is 6.41. The SMILES string of the molecule is COCC(C)(NC1CC1)c1nc2c(s1)CCCC2. The molecule has 100 valence electrons. The summed E-state index contributed by atoms with van der Waals surface area (Å²) in [6, 6.07) is 0.672. The number of hydrogen-bond acceptors (Lipinski definition) is 4. The summed E-state index contributed by atoms with van der Waals surface area (Å²) in [5.41, 5.74) is 1.25. The van der Waals surface area contributed by atoms with Crippen molar-refractivity contribution in [1.82, 2.24) is 10.3 Å². The Morgan fingerprint density at radius 3 is 2.83 bits per heavy atom. The third-order valence-corrected chi connectivity index (χ3v) is 5.27. The Balaban J connectivity index is 1.86. The minimum absolute atomic E-state index is 0.0993. The van der Waals surface area contributed by atoms with E-state index in [1.54, 1.807) is 7.11 Å². The van der Waals surface area contributed by atoms with Gasteiger partial charge >= 0.3 is 0 Å². The van der Waals surface area contributed by atoms with Gasteiger partial charge < -0.3 is 10.1 Å². The molecule has 0 saturated heterocycles. The van der Waals surface area contributed by atoms with Crippen LogP contribution in [0.4, 0.5) is 0 Å². The van der Waals surface area contributed by atoms with Gasteiger partial charge in [-0.2, -0.15) is 0 Å². The zero-order chi connectivity index (χ0) is 12.6. The standard InChI is InChI=1S/C14H22N2OS/c1-14(9-17-2,16-10-7-8-10)13-15-11-5-3-4-6-12(11)18-13/h10,16H,3-9H2,1-2H3. The second-order valence-corrected chi connectivity index (χ2v) is 6.86. The number of fused-ring (bicyclic) bond motifs is 1. The van der Waals surface area contributed by atoms with E-state index in [1.807, 2.05) is 11.3 Å². The smallest absolute Gasteiger partial charge is 0.115 e. The molecule has 1 aromatic heterocycles. The predicted octanol–water partition coefficient (Wildman–Crippen LogP) is 2.64. The number of thiazole rings is 1. The molecule has 3 nitrogen and oxygen atoms in total. The summed E-state index contributed by atoms with van der Waals surface area (Å²) < 4.78 is 5.43. The lowest BCUT2D eigenvalue weighted by atomic mass is 10.0. The van der Waals surface area contributed by atoms with E-state index in [0.29, 0.717) is 12.6 Å². The Bertz CT molecular complexity index is 404. The van der Waals surface area contributed by atoms with Crippen LogP contribution in [0.15, 0.2) is 0 Å². The van der Waals surface area contributed by atoms with Gasteiger partial charge in [0.2, 0.25) is 0 Å². The number of hydrogen-bond donors (Lipinski definition) is 1. The normalized spacial score (nSPS) is 22.6. The first-order valence-electron chi connectivity index (χ1n) is 6.97. The van der Waals surface area contributed by atoms with Crippen molar-refractivity contribution < 1.29 is 4.74 Å². The number of ether oxygens (including phenoxy) is 1. The van der Waals surface area contributed by atoms with Crippen LogP contribution >= 0.6 is 11.3 Å². The fourth-order valence-corrected chi connectivity index (χ4v) is 3.96. The largest absolute Gasteiger partial charge is 0.382 e. The minimum atomic E-state index is -0.0993. The van der Waals surface area contributed by atoms with Gasteiger partial charge in [0.1, 0.15) is 5.01 Å². The van der Waals surface area contributed by atoms with Crippen LogP contribution in [0.3, 0.4) is 0 Å². The van der Waals surface area contributed by atoms with E-state index in [9.17, 15) is 0 Å². The van der Waals surface area contributed by atoms with Crippen molar-refractivity contribution in [2.45, 2.75) is 57.0 Å². The van der Waals surface area contributed by atoms with E-state index in [0.717, 1.165) is 0 Å². The summed E-state index contributed by atoms with van der Waals surface area (Å²) in [5, 5.41) is 4.94. The van der Waals surface area contributed by atoms with Crippen LogP contribution in [0.25, 0.3) is 0 Å². The molecule has 0 spiro atoms. The zero-order valence-corrected chi connectivity index (χ0v) is 12.1. The molecule has 3 rings (SSSR count). The van der Waals surface area contributed by atoms with Crippen molar-refractivity contribution in [2.75, 3.05) is 13.7 Å². The van der Waals surface area contributed by atoms with Crippen LogP contribution in [-0.2, 0) is 23.1 Å². The Hall–Kier alpha value is -0.450. The highest BCUT2D eigenvalue weighted by Crippen LogP contribution is 2.35. The Labute approximate surface area is 113 Å². The van der Waals surface area contributed by atoms with Crippen LogP contribution in [0.5, 0.6) is 0 Å². The van der Waals surface area contributed by atoms with Gasteiger partial charge in [-0.25, -0.2) is 4.98 Å². The van der Waals surface area contributed by atoms with Crippen molar-refractivity contribution in [1.29, 1.82) is 0 Å². The van der Waals surface area contributed by atoms with Crippen molar-refractivity contribution in [3.8, 4) is 0 Å². The van der Waals surface area contributed by atoms with E-state index >= 15 is 0 Å². The van der Waals surface area contributed by atoms with E-state index in [1.165, 1.54) is 54.1 Å². The maximum absolute atomic E-state index is 5.43. The number of methoxy groups -OCH3 is 1. The fourth-order valence-electron chi connectivity index (χ4n) is 2.72. The molecule has 0 aliphatic heterocycles. The molecule has 0 aromatic carbocycles. The Morgan fingerprint density at radius 1 is 1.39 bits per heavy atom. The highest BCUT2D eigenvalue weighted by Gasteiger charge is 2.37. The lowest BCUT2D eigenvalue weighted by Crippen LogP contribution is -2.44. The molecule has 2 aliphatic carbocycles. The van der Waals surface area contributed by atoms with Gasteiger partial charge in [0.25, 0.3) is 0 Å². The molecule has 1 aromatic rings. The maximum Gasteiger partial charge on any atom is 0.115 e. The molecular formula is C14H22N2OS. The van der Waals surface area contributed by atoms with Gasteiger partial charge in [-0.1, -0.05) is 0 Å². The van der Waals surface area contributed by atoms with Crippen LogP contribution in [-0.4, -0.2) is 24.7 Å². The summed E-state index contributed by atoms with van der Waals surface area (Å²) in [7, 11) is 1.78. The number of rotatable bonds is 5. The van der Waals surface area contributed by atoms with E-state index in [-0.39, 0.29) is 5.54 Å². The molecule has 0 amide bonds. The third kappa shape index (κ3) is 2.46. The van der Waals surface area contributed by atoms with E-state index in [2.05, 4.69) is 12.2 Å². The van der Waals surface area contributed by atoms with Gasteiger partial charge in [-0.05, 0) is 45.4 Å². The predicted molar refractivity (Wildman–Crippen MR) is 74.1 cm³/mol. The highest BCUT2D eigenvalue weighted by molar-refractivity contribution is 7.11. The molecule has 1 fully saturated rings. The number of nitrogens with zero attached hydrogens (tertiary/aromatic N) is 1. The van der Waals surface area contributed by atoms with E-state index < -0.39 is 0 Å². The molecule has 0 bridgehead atoms. The number of aryl methyl sites for hydroxylation is 2. The quantitative estimate of drug-likeness (QED) is 0.889. The average Bonchev–Trinajstić information content (AvgIpc) is 3.05. The molecule has 1 heterocycles. The monoisotopic (exact) mass is 266 g/mol. The lowest BCUT2D eigenvalue weighted by molar-refractivity contribution is 0.116. The molecule has 0 radical (unpaired) electrons. The molecular weight excluding hydrogens is 244 g/mol. The van der Waals surface area contributed by atoms with Crippen molar-refractivity contribution in [2.24, 2.45) is 0 Å². The Morgan fingerprint density at radius 2 is 2.17 bits per heavy atom. The summed E-state index contributed by atoms with van der Waals surface area (Å²) >= 11 is 1.90. The molecule has 1 saturated carbocycles. The molecule has 1 atom stereocenters. The van der Waals surface area contributed by atoms with Crippen molar-refractivity contribution in [3.63, 3.8) is 0 Å². The van der Waals surface area contributed by atoms with Gasteiger partial charge in [-0.3, -0.25) is 0 Å². The van der Waals surface area contributed by atoms with Gasteiger partial charge in [-0.15, -0.1) is 11.3 Å². The first-order chi connectivity index (χ1) is 8.71. The first-order valence-corrected chi connectivity index (χ1v) is 7.78. The first kappa shape index (κ1) is 12.6. The zero-order valence-electron chi connectivity index (χ0n) is 11.3. The number of nitrogens with one attached hydrogen (secondary N) is 1. The summed E-state index contributed by atoms with van der Waals surface area (Å²) in [6.45, 7) is 2.94. The molecule has 1 unspecified atom stereocenters. The average molecular weight is 266 g/mol. The second-order valence-electron chi connectivity index (χ2n) is 5.78. The van der Waals surface area contributed by atoms with Gasteiger partial charge in [0.15, 0.2) is 0 Å². The Kier molecular flexibility index (Phi) is 3.43. The van der Waals surface area contributed by atoms with Gasteiger partial charge in [0, 0.05) is 18.0 Å². The van der Waals surface area contributed by atoms with Crippen LogP contribution in [0, 0.1) is 0 Å². The van der Waals surface area contributed by atoms with Crippen LogP contribution in [0.2, 0.25) is 0 Å². The van der Waals surface area contributed by atoms with E-state index in [4.69, 9.17) is 9.72 Å². The van der Waals surface area contributed by atoms with Crippen molar-refractivity contribution in [3.05, 3.63) is 15.6 Å². The number of aromatic nitrogens is 1.